The average Bonchev–Trinajstić information content (AvgIpc) is 2.96. The molecule has 0 unspecified atom stereocenters. The van der Waals surface area contributed by atoms with E-state index in [-0.39, 0.29) is 17.7 Å². The molecule has 0 aliphatic carbocycles. The van der Waals surface area contributed by atoms with Crippen molar-refractivity contribution >= 4 is 34.8 Å². The molecule has 0 fully saturated rings. The van der Waals surface area contributed by atoms with Crippen LogP contribution in [-0.4, -0.2) is 21.6 Å². The van der Waals surface area contributed by atoms with Crippen molar-refractivity contribution in [1.82, 2.24) is 9.78 Å². The summed E-state index contributed by atoms with van der Waals surface area (Å²) in [5.41, 5.74) is 4.31. The van der Waals surface area contributed by atoms with Crippen molar-refractivity contribution in [2.24, 2.45) is 5.92 Å². The first-order valence-corrected chi connectivity index (χ1v) is 9.68. The minimum atomic E-state index is -0.220. The van der Waals surface area contributed by atoms with Gasteiger partial charge in [-0.15, -0.1) is 0 Å². The summed E-state index contributed by atoms with van der Waals surface area (Å²) in [5, 5.41) is 10.7. The predicted octanol–water partition coefficient (Wildman–Crippen LogP) is 4.99. The largest absolute Gasteiger partial charge is 0.326 e. The highest BCUT2D eigenvalue weighted by Gasteiger charge is 2.12. The maximum Gasteiger partial charge on any atom is 0.255 e. The van der Waals surface area contributed by atoms with Crippen LogP contribution in [0, 0.1) is 19.8 Å². The third-order valence-electron chi connectivity index (χ3n) is 4.51. The molecule has 2 N–H and O–H groups in total. The number of aromatic nitrogens is 2. The van der Waals surface area contributed by atoms with E-state index in [2.05, 4.69) is 15.7 Å². The van der Waals surface area contributed by atoms with E-state index in [4.69, 9.17) is 11.6 Å². The van der Waals surface area contributed by atoms with Gasteiger partial charge in [0.1, 0.15) is 0 Å². The van der Waals surface area contributed by atoms with Crippen LogP contribution in [0.3, 0.4) is 0 Å². The lowest BCUT2D eigenvalue weighted by atomic mass is 10.1. The molecule has 2 amide bonds. The van der Waals surface area contributed by atoms with E-state index < -0.39 is 0 Å². The number of hydrogen-bond acceptors (Lipinski definition) is 3. The van der Waals surface area contributed by atoms with Crippen molar-refractivity contribution in [1.29, 1.82) is 0 Å². The Kier molecular flexibility index (Phi) is 6.03. The van der Waals surface area contributed by atoms with Gasteiger partial charge in [-0.3, -0.25) is 9.59 Å². The van der Waals surface area contributed by atoms with E-state index in [0.717, 1.165) is 17.1 Å². The minimum Gasteiger partial charge on any atom is -0.326 e. The number of benzene rings is 2. The Labute approximate surface area is 174 Å². The van der Waals surface area contributed by atoms with E-state index >= 15 is 0 Å². The van der Waals surface area contributed by atoms with E-state index in [1.54, 1.807) is 41.1 Å². The van der Waals surface area contributed by atoms with Gasteiger partial charge in [0.2, 0.25) is 5.91 Å². The fraction of sp³-hybridized carbons (Fsp3) is 0.227. The van der Waals surface area contributed by atoms with Gasteiger partial charge < -0.3 is 10.6 Å². The van der Waals surface area contributed by atoms with Crippen molar-refractivity contribution in [2.45, 2.75) is 27.7 Å². The molecule has 0 bridgehead atoms. The Balaban J connectivity index is 1.68. The number of nitrogens with zero attached hydrogens (tertiary/aromatic N) is 2. The summed E-state index contributed by atoms with van der Waals surface area (Å²) in [6, 6.07) is 14.2. The first-order chi connectivity index (χ1) is 13.8. The van der Waals surface area contributed by atoms with Crippen LogP contribution in [0.2, 0.25) is 5.02 Å². The molecule has 0 saturated carbocycles. The number of nitrogens with one attached hydrogen (secondary N) is 2. The molecular weight excluding hydrogens is 388 g/mol. The highest BCUT2D eigenvalue weighted by atomic mass is 35.5. The van der Waals surface area contributed by atoms with Crippen LogP contribution in [0.5, 0.6) is 0 Å². The number of aryl methyl sites for hydroxylation is 1. The zero-order valence-electron chi connectivity index (χ0n) is 16.8. The molecule has 3 aromatic rings. The van der Waals surface area contributed by atoms with Gasteiger partial charge in [0.25, 0.3) is 5.91 Å². The van der Waals surface area contributed by atoms with Crippen LogP contribution in [0.4, 0.5) is 11.4 Å². The second-order valence-electron chi connectivity index (χ2n) is 7.12. The highest BCUT2D eigenvalue weighted by Crippen LogP contribution is 2.23. The average molecular weight is 411 g/mol. The fourth-order valence-corrected chi connectivity index (χ4v) is 2.87. The quantitative estimate of drug-likeness (QED) is 0.622. The topological polar surface area (TPSA) is 76.0 Å². The Morgan fingerprint density at radius 3 is 1.97 bits per heavy atom. The van der Waals surface area contributed by atoms with Crippen LogP contribution >= 0.6 is 11.6 Å². The minimum absolute atomic E-state index is 0.0502. The third kappa shape index (κ3) is 4.66. The van der Waals surface area contributed by atoms with Gasteiger partial charge in [-0.1, -0.05) is 25.4 Å². The number of rotatable bonds is 5. The van der Waals surface area contributed by atoms with E-state index in [9.17, 15) is 9.59 Å². The Hall–Kier alpha value is -3.12. The predicted molar refractivity (Wildman–Crippen MR) is 116 cm³/mol. The molecule has 0 spiro atoms. The number of anilines is 2. The molecule has 29 heavy (non-hydrogen) atoms. The highest BCUT2D eigenvalue weighted by molar-refractivity contribution is 6.31. The lowest BCUT2D eigenvalue weighted by Gasteiger charge is -2.10. The van der Waals surface area contributed by atoms with Crippen molar-refractivity contribution in [3.63, 3.8) is 0 Å². The van der Waals surface area contributed by atoms with Crippen LogP contribution in [0.15, 0.2) is 48.5 Å². The first kappa shape index (κ1) is 20.6. The molecule has 0 aliphatic rings. The zero-order chi connectivity index (χ0) is 21.1. The number of amides is 2. The van der Waals surface area contributed by atoms with Crippen molar-refractivity contribution < 1.29 is 9.59 Å². The first-order valence-electron chi connectivity index (χ1n) is 9.30. The van der Waals surface area contributed by atoms with E-state index in [1.807, 2.05) is 39.8 Å². The number of hydrogen-bond donors (Lipinski definition) is 2. The molecule has 0 aliphatic heterocycles. The molecule has 7 heteroatoms. The third-order valence-corrected chi connectivity index (χ3v) is 5.06. The lowest BCUT2D eigenvalue weighted by Crippen LogP contribution is -2.17. The molecule has 3 rings (SSSR count). The molecule has 0 radical (unpaired) electrons. The van der Waals surface area contributed by atoms with Gasteiger partial charge in [-0.05, 0) is 62.4 Å². The second kappa shape index (κ2) is 8.49. The van der Waals surface area contributed by atoms with Crippen molar-refractivity contribution in [3.8, 4) is 5.69 Å². The van der Waals surface area contributed by atoms with Crippen LogP contribution in [0.25, 0.3) is 5.69 Å². The standard InChI is InChI=1S/C22H23ClN4O2/c1-13(2)21(28)24-17-7-9-18(10-8-17)25-22(29)16-5-11-19(12-6-16)27-15(4)20(23)14(3)26-27/h5-13H,1-4H3,(H,24,28)(H,25,29). The van der Waals surface area contributed by atoms with Gasteiger partial charge in [-0.25, -0.2) is 4.68 Å². The van der Waals surface area contributed by atoms with Crippen LogP contribution in [-0.2, 0) is 4.79 Å². The summed E-state index contributed by atoms with van der Waals surface area (Å²) in [5.74, 6) is -0.365. The van der Waals surface area contributed by atoms with Crippen molar-refractivity contribution in [2.75, 3.05) is 10.6 Å². The number of carbonyl (C=O) groups is 2. The van der Waals surface area contributed by atoms with Crippen LogP contribution < -0.4 is 10.6 Å². The molecule has 1 heterocycles. The summed E-state index contributed by atoms with van der Waals surface area (Å²) < 4.78 is 1.75. The summed E-state index contributed by atoms with van der Waals surface area (Å²) >= 11 is 6.20. The normalized spacial score (nSPS) is 10.8. The zero-order valence-corrected chi connectivity index (χ0v) is 17.5. The smallest absolute Gasteiger partial charge is 0.255 e. The number of carbonyl (C=O) groups excluding carboxylic acids is 2. The SMILES string of the molecule is Cc1nn(-c2ccc(C(=O)Nc3ccc(NC(=O)C(C)C)cc3)cc2)c(C)c1Cl. The molecule has 0 atom stereocenters. The molecule has 150 valence electrons. The van der Waals surface area contributed by atoms with Crippen molar-refractivity contribution in [3.05, 3.63) is 70.5 Å². The molecule has 6 nitrogen and oxygen atoms in total. The van der Waals surface area contributed by atoms with Gasteiger partial charge in [0.15, 0.2) is 0 Å². The molecule has 2 aromatic carbocycles. The molecular formula is C22H23ClN4O2. The Morgan fingerprint density at radius 2 is 1.48 bits per heavy atom. The molecule has 0 saturated heterocycles. The Bertz CT molecular complexity index is 1040. The molecule has 1 aromatic heterocycles. The summed E-state index contributed by atoms with van der Waals surface area (Å²) in [6.07, 6.45) is 0. The maximum absolute atomic E-state index is 12.5. The maximum atomic E-state index is 12.5. The second-order valence-corrected chi connectivity index (χ2v) is 7.50. The van der Waals surface area contributed by atoms with Gasteiger partial charge in [-0.2, -0.15) is 5.10 Å². The fourth-order valence-electron chi connectivity index (χ4n) is 2.76. The number of halogens is 1. The summed E-state index contributed by atoms with van der Waals surface area (Å²) in [7, 11) is 0. The van der Waals surface area contributed by atoms with Gasteiger partial charge in [0, 0.05) is 22.9 Å². The summed E-state index contributed by atoms with van der Waals surface area (Å²) in [4.78, 5) is 24.3. The monoisotopic (exact) mass is 410 g/mol. The summed E-state index contributed by atoms with van der Waals surface area (Å²) in [6.45, 7) is 7.42. The lowest BCUT2D eigenvalue weighted by molar-refractivity contribution is -0.118. The van der Waals surface area contributed by atoms with Crippen LogP contribution in [0.1, 0.15) is 35.6 Å². The van der Waals surface area contributed by atoms with E-state index in [1.165, 1.54) is 0 Å². The van der Waals surface area contributed by atoms with E-state index in [0.29, 0.717) is 22.0 Å². The Morgan fingerprint density at radius 1 is 0.931 bits per heavy atom. The van der Waals surface area contributed by atoms with Gasteiger partial charge >= 0.3 is 0 Å². The van der Waals surface area contributed by atoms with Gasteiger partial charge in [0.05, 0.1) is 22.1 Å².